The lowest BCUT2D eigenvalue weighted by Gasteiger charge is -2.26. The lowest BCUT2D eigenvalue weighted by Crippen LogP contribution is -2.45. The highest BCUT2D eigenvalue weighted by Gasteiger charge is 2.59. The quantitative estimate of drug-likeness (QED) is 0.538. The third-order valence-electron chi connectivity index (χ3n) is 0.946. The fraction of sp³-hybridized carbons (Fsp3) is 1.00. The molecule has 0 saturated carbocycles. The number of halogens is 8. The minimum absolute atomic E-state index is 2.44. The first kappa shape index (κ1) is 12.9. The van der Waals surface area contributed by atoms with Crippen LogP contribution < -0.4 is 0 Å². The van der Waals surface area contributed by atoms with Crippen molar-refractivity contribution in [2.75, 3.05) is 0 Å². The van der Waals surface area contributed by atoms with Crippen molar-refractivity contribution < 1.29 is 17.6 Å². The van der Waals surface area contributed by atoms with Crippen LogP contribution in [0.15, 0.2) is 0 Å². The van der Waals surface area contributed by atoms with Gasteiger partial charge in [0, 0.05) is 0 Å². The lowest BCUT2D eigenvalue weighted by molar-refractivity contribution is -0.0266. The van der Waals surface area contributed by atoms with E-state index in [4.69, 9.17) is 11.6 Å². The van der Waals surface area contributed by atoms with Crippen LogP contribution in [0.1, 0.15) is 0 Å². The van der Waals surface area contributed by atoms with Gasteiger partial charge in [0.05, 0.1) is 0 Å². The fourth-order valence-corrected chi connectivity index (χ4v) is 0.974. The molecule has 0 fully saturated rings. The maximum Gasteiger partial charge on any atom is 0.370 e. The molecule has 3 unspecified atom stereocenters. The van der Waals surface area contributed by atoms with Crippen LogP contribution in [0.2, 0.25) is 0 Å². The van der Waals surface area contributed by atoms with Gasteiger partial charge >= 0.3 is 5.38 Å². The van der Waals surface area contributed by atoms with Crippen LogP contribution in [0.4, 0.5) is 17.6 Å². The van der Waals surface area contributed by atoms with E-state index in [2.05, 4.69) is 34.8 Å². The van der Waals surface area contributed by atoms with Crippen molar-refractivity contribution in [3.8, 4) is 0 Å². The summed E-state index contributed by atoms with van der Waals surface area (Å²) in [5.74, 6) is 0. The van der Waals surface area contributed by atoms with E-state index in [-0.39, 0.29) is 0 Å². The van der Waals surface area contributed by atoms with Gasteiger partial charge in [0.15, 0.2) is 5.63 Å². The molecule has 0 aliphatic heterocycles. The minimum Gasteiger partial charge on any atom is -0.228 e. The van der Waals surface area contributed by atoms with Gasteiger partial charge in [0.1, 0.15) is 5.38 Å². The molecule has 74 valence electrons. The first-order valence-electron chi connectivity index (χ1n) is 2.47. The third-order valence-corrected chi connectivity index (χ3v) is 2.80. The zero-order valence-corrected chi connectivity index (χ0v) is 8.20. The van der Waals surface area contributed by atoms with E-state index >= 15 is 0 Å². The summed E-state index contributed by atoms with van der Waals surface area (Å²) in [5, 5.41) is -10.8. The summed E-state index contributed by atoms with van der Waals surface area (Å²) in [5.41, 5.74) is -2.56. The molecule has 3 atom stereocenters. The van der Waals surface area contributed by atoms with Gasteiger partial charge in [-0.15, -0.1) is 11.6 Å². The molecule has 0 N–H and O–H groups in total. The molecule has 12 heavy (non-hydrogen) atoms. The molecular formula is C4H2Cl4F4. The molecule has 8 heteroatoms. The van der Waals surface area contributed by atoms with Gasteiger partial charge in [-0.05, 0) is 11.6 Å². The molecule has 0 aromatic heterocycles. The average molecular weight is 268 g/mol. The van der Waals surface area contributed by atoms with Gasteiger partial charge in [-0.25, -0.2) is 8.78 Å². The monoisotopic (exact) mass is 266 g/mol. The second-order valence-electron chi connectivity index (χ2n) is 1.86. The number of alkyl halides is 8. The van der Waals surface area contributed by atoms with E-state index in [1.807, 2.05) is 0 Å². The van der Waals surface area contributed by atoms with Crippen molar-refractivity contribution in [3.05, 3.63) is 0 Å². The van der Waals surface area contributed by atoms with E-state index in [1.165, 1.54) is 0 Å². The average Bonchev–Trinajstić information content (AvgIpc) is 1.83. The zero-order valence-electron chi connectivity index (χ0n) is 5.18. The molecule has 0 bridgehead atoms. The van der Waals surface area contributed by atoms with E-state index in [9.17, 15) is 17.6 Å². The maximum absolute atomic E-state index is 12.7. The van der Waals surface area contributed by atoms with Crippen LogP contribution in [0.25, 0.3) is 0 Å². The van der Waals surface area contributed by atoms with E-state index in [0.29, 0.717) is 0 Å². The summed E-state index contributed by atoms with van der Waals surface area (Å²) in [7, 11) is 0. The second-order valence-corrected chi connectivity index (χ2v) is 3.77. The number of rotatable bonds is 3. The van der Waals surface area contributed by atoms with E-state index in [0.717, 1.165) is 0 Å². The van der Waals surface area contributed by atoms with Gasteiger partial charge in [-0.2, -0.15) is 8.78 Å². The smallest absolute Gasteiger partial charge is 0.228 e. The van der Waals surface area contributed by atoms with E-state index in [1.54, 1.807) is 0 Å². The fourth-order valence-electron chi connectivity index (χ4n) is 0.315. The molecule has 0 aliphatic carbocycles. The highest BCUT2D eigenvalue weighted by Crippen LogP contribution is 2.46. The SMILES string of the molecule is FC(Cl)C(Cl)C(F)(Cl)C(F)(F)Cl. The predicted molar refractivity (Wildman–Crippen MR) is 40.9 cm³/mol. The van der Waals surface area contributed by atoms with Crippen LogP contribution in [0, 0.1) is 0 Å². The Morgan fingerprint density at radius 2 is 1.33 bits per heavy atom. The Labute approximate surface area is 85.7 Å². The molecule has 0 nitrogen and oxygen atoms in total. The second kappa shape index (κ2) is 3.95. The van der Waals surface area contributed by atoms with Crippen molar-refractivity contribution in [2.24, 2.45) is 0 Å². The van der Waals surface area contributed by atoms with Gasteiger partial charge in [0.2, 0.25) is 0 Å². The summed E-state index contributed by atoms with van der Waals surface area (Å²) in [6, 6.07) is 0. The van der Waals surface area contributed by atoms with Crippen molar-refractivity contribution in [3.63, 3.8) is 0 Å². The van der Waals surface area contributed by atoms with Crippen molar-refractivity contribution >= 4 is 46.4 Å². The van der Waals surface area contributed by atoms with Crippen LogP contribution in [-0.2, 0) is 0 Å². The highest BCUT2D eigenvalue weighted by atomic mass is 35.5. The van der Waals surface area contributed by atoms with Crippen molar-refractivity contribution in [2.45, 2.75) is 21.5 Å². The Hall–Kier alpha value is 0.880. The van der Waals surface area contributed by atoms with E-state index < -0.39 is 21.5 Å². The molecule has 0 radical (unpaired) electrons. The molecule has 0 aromatic carbocycles. The molecule has 0 saturated heterocycles. The highest BCUT2D eigenvalue weighted by molar-refractivity contribution is 6.39. The van der Waals surface area contributed by atoms with Gasteiger partial charge in [-0.3, -0.25) is 0 Å². The predicted octanol–water partition coefficient (Wildman–Crippen LogP) is 3.86. The Balaban J connectivity index is 4.61. The maximum atomic E-state index is 12.7. The normalized spacial score (nSPS) is 23.0. The van der Waals surface area contributed by atoms with Gasteiger partial charge < -0.3 is 0 Å². The van der Waals surface area contributed by atoms with Crippen molar-refractivity contribution in [1.82, 2.24) is 0 Å². The molecule has 0 aromatic rings. The summed E-state index contributed by atoms with van der Waals surface area (Å²) < 4.78 is 48.8. The summed E-state index contributed by atoms with van der Waals surface area (Å²) >= 11 is 18.2. The Morgan fingerprint density at radius 3 is 1.42 bits per heavy atom. The lowest BCUT2D eigenvalue weighted by atomic mass is 10.3. The summed E-state index contributed by atoms with van der Waals surface area (Å²) in [6.45, 7) is 0. The van der Waals surface area contributed by atoms with Gasteiger partial charge in [-0.1, -0.05) is 23.2 Å². The first-order chi connectivity index (χ1) is 5.10. The molecular weight excluding hydrogens is 266 g/mol. The Morgan fingerprint density at radius 1 is 1.00 bits per heavy atom. The molecule has 0 heterocycles. The van der Waals surface area contributed by atoms with Crippen LogP contribution >= 0.6 is 46.4 Å². The molecule has 0 spiro atoms. The van der Waals surface area contributed by atoms with Crippen molar-refractivity contribution in [1.29, 1.82) is 0 Å². The Bertz CT molecular complexity index is 154. The summed E-state index contributed by atoms with van der Waals surface area (Å²) in [6.07, 6.45) is 0. The van der Waals surface area contributed by atoms with Crippen LogP contribution in [0.3, 0.4) is 0 Å². The molecule has 0 aliphatic rings. The van der Waals surface area contributed by atoms with Gasteiger partial charge in [0.25, 0.3) is 5.13 Å². The topological polar surface area (TPSA) is 0 Å². The first-order valence-corrected chi connectivity index (χ1v) is 4.10. The standard InChI is InChI=1S/C4H2Cl4F4/c5-1(2(6)9)3(7,10)4(8,11)12/h1-2H. The van der Waals surface area contributed by atoms with Crippen LogP contribution in [0.5, 0.6) is 0 Å². The number of hydrogen-bond donors (Lipinski definition) is 0. The zero-order chi connectivity index (χ0) is 10.2. The molecule has 0 rings (SSSR count). The molecule has 0 amide bonds. The number of hydrogen-bond acceptors (Lipinski definition) is 0. The summed E-state index contributed by atoms with van der Waals surface area (Å²) in [4.78, 5) is 0. The third kappa shape index (κ3) is 2.69. The Kier molecular flexibility index (Phi) is 4.23. The largest absolute Gasteiger partial charge is 0.370 e. The van der Waals surface area contributed by atoms with Crippen LogP contribution in [-0.4, -0.2) is 21.5 Å². The minimum atomic E-state index is -4.49.